The maximum absolute atomic E-state index is 12.3. The average Bonchev–Trinajstić information content (AvgIpc) is 2.78. The van der Waals surface area contributed by atoms with E-state index in [1.807, 2.05) is 18.2 Å². The van der Waals surface area contributed by atoms with Crippen molar-refractivity contribution < 1.29 is 19.0 Å². The van der Waals surface area contributed by atoms with Crippen molar-refractivity contribution in [3.63, 3.8) is 0 Å². The Balaban J connectivity index is 1.60. The predicted molar refractivity (Wildman–Crippen MR) is 78.3 cm³/mol. The molecule has 0 atom stereocenters. The summed E-state index contributed by atoms with van der Waals surface area (Å²) >= 11 is 0. The lowest BCUT2D eigenvalue weighted by atomic mass is 10.1. The lowest BCUT2D eigenvalue weighted by Gasteiger charge is -2.26. The third-order valence-corrected chi connectivity index (χ3v) is 3.83. The Hall–Kier alpha value is -1.59. The van der Waals surface area contributed by atoms with Crippen LogP contribution in [0.1, 0.15) is 23.2 Å². The molecule has 0 unspecified atom stereocenters. The van der Waals surface area contributed by atoms with Crippen LogP contribution in [0.5, 0.6) is 11.5 Å². The summed E-state index contributed by atoms with van der Waals surface area (Å²) in [4.78, 5) is 14.6. The molecule has 3 rings (SSSR count). The summed E-state index contributed by atoms with van der Waals surface area (Å²) in [6.07, 6.45) is 1.40. The van der Waals surface area contributed by atoms with E-state index in [0.717, 1.165) is 45.0 Å². The number of hydrogen-bond acceptors (Lipinski definition) is 5. The van der Waals surface area contributed by atoms with Gasteiger partial charge in [-0.3, -0.25) is 9.69 Å². The maximum Gasteiger partial charge on any atom is 0.164 e. The molecule has 5 heteroatoms. The summed E-state index contributed by atoms with van der Waals surface area (Å²) in [5.74, 6) is 1.57. The van der Waals surface area contributed by atoms with E-state index in [2.05, 4.69) is 4.90 Å². The van der Waals surface area contributed by atoms with Gasteiger partial charge in [0.05, 0.1) is 26.4 Å². The Kier molecular flexibility index (Phi) is 4.72. The normalized spacial score (nSPS) is 19.0. The number of hydrogen-bond donors (Lipinski definition) is 0. The first-order chi connectivity index (χ1) is 10.3. The SMILES string of the molecule is O=C(CCN1CCOCC1)c1ccc2c(c1)OCCCO2. The minimum absolute atomic E-state index is 0.150. The molecule has 5 nitrogen and oxygen atoms in total. The van der Waals surface area contributed by atoms with Gasteiger partial charge in [-0.05, 0) is 18.2 Å². The Morgan fingerprint density at radius 1 is 1.05 bits per heavy atom. The van der Waals surface area contributed by atoms with Crippen molar-refractivity contribution in [3.8, 4) is 11.5 Å². The lowest BCUT2D eigenvalue weighted by Crippen LogP contribution is -2.37. The average molecular weight is 291 g/mol. The van der Waals surface area contributed by atoms with E-state index in [1.165, 1.54) is 0 Å². The molecule has 1 fully saturated rings. The second kappa shape index (κ2) is 6.91. The van der Waals surface area contributed by atoms with Gasteiger partial charge in [-0.15, -0.1) is 0 Å². The van der Waals surface area contributed by atoms with Crippen molar-refractivity contribution in [3.05, 3.63) is 23.8 Å². The molecule has 2 aliphatic heterocycles. The van der Waals surface area contributed by atoms with Crippen LogP contribution in [0.25, 0.3) is 0 Å². The highest BCUT2D eigenvalue weighted by Crippen LogP contribution is 2.30. The summed E-state index contributed by atoms with van der Waals surface area (Å²) < 4.78 is 16.5. The van der Waals surface area contributed by atoms with Gasteiger partial charge in [0.1, 0.15) is 0 Å². The minimum atomic E-state index is 0.150. The van der Waals surface area contributed by atoms with Gasteiger partial charge in [0, 0.05) is 38.0 Å². The fraction of sp³-hybridized carbons (Fsp3) is 0.562. The van der Waals surface area contributed by atoms with Crippen LogP contribution in [0.2, 0.25) is 0 Å². The summed E-state index contributed by atoms with van der Waals surface area (Å²) in [7, 11) is 0. The van der Waals surface area contributed by atoms with Crippen LogP contribution < -0.4 is 9.47 Å². The molecule has 0 N–H and O–H groups in total. The van der Waals surface area contributed by atoms with Crippen LogP contribution in [0, 0.1) is 0 Å². The maximum atomic E-state index is 12.3. The van der Waals surface area contributed by atoms with E-state index in [0.29, 0.717) is 30.9 Å². The molecule has 21 heavy (non-hydrogen) atoms. The molecule has 0 aromatic heterocycles. The third-order valence-electron chi connectivity index (χ3n) is 3.83. The molecule has 0 aliphatic carbocycles. The van der Waals surface area contributed by atoms with Gasteiger partial charge < -0.3 is 14.2 Å². The summed E-state index contributed by atoms with van der Waals surface area (Å²) in [6, 6.07) is 5.47. The number of Topliss-reactive ketones (excluding diaryl/α,β-unsaturated/α-hetero) is 1. The van der Waals surface area contributed by atoms with Gasteiger partial charge in [-0.25, -0.2) is 0 Å². The Morgan fingerprint density at radius 2 is 1.81 bits per heavy atom. The van der Waals surface area contributed by atoms with Gasteiger partial charge >= 0.3 is 0 Å². The van der Waals surface area contributed by atoms with Crippen LogP contribution in [-0.2, 0) is 4.74 Å². The van der Waals surface area contributed by atoms with Gasteiger partial charge in [-0.1, -0.05) is 0 Å². The van der Waals surface area contributed by atoms with Crippen molar-refractivity contribution in [1.82, 2.24) is 4.90 Å². The highest BCUT2D eigenvalue weighted by molar-refractivity contribution is 5.96. The Morgan fingerprint density at radius 3 is 2.62 bits per heavy atom. The van der Waals surface area contributed by atoms with Gasteiger partial charge in [0.15, 0.2) is 17.3 Å². The van der Waals surface area contributed by atoms with Gasteiger partial charge in [-0.2, -0.15) is 0 Å². The number of carbonyl (C=O) groups excluding carboxylic acids is 1. The molecule has 0 amide bonds. The molecule has 1 aromatic carbocycles. The fourth-order valence-electron chi connectivity index (χ4n) is 2.57. The smallest absolute Gasteiger partial charge is 0.164 e. The first kappa shape index (κ1) is 14.4. The van der Waals surface area contributed by atoms with Crippen LogP contribution in [-0.4, -0.2) is 56.7 Å². The van der Waals surface area contributed by atoms with Gasteiger partial charge in [0.25, 0.3) is 0 Å². The molecule has 0 radical (unpaired) electrons. The Bertz CT molecular complexity index is 497. The zero-order chi connectivity index (χ0) is 14.5. The van der Waals surface area contributed by atoms with E-state index < -0.39 is 0 Å². The standard InChI is InChI=1S/C16H21NO4/c18-14(4-5-17-6-10-19-11-7-17)13-2-3-15-16(12-13)21-9-1-8-20-15/h2-3,12H,1,4-11H2. The van der Waals surface area contributed by atoms with E-state index in [-0.39, 0.29) is 5.78 Å². The largest absolute Gasteiger partial charge is 0.490 e. The van der Waals surface area contributed by atoms with Gasteiger partial charge in [0.2, 0.25) is 0 Å². The minimum Gasteiger partial charge on any atom is -0.490 e. The third kappa shape index (κ3) is 3.74. The number of ether oxygens (including phenoxy) is 3. The predicted octanol–water partition coefficient (Wildman–Crippen LogP) is 1.75. The summed E-state index contributed by atoms with van der Waals surface area (Å²) in [5.41, 5.74) is 0.701. The van der Waals surface area contributed by atoms with Crippen molar-refractivity contribution >= 4 is 5.78 Å². The highest BCUT2D eigenvalue weighted by Gasteiger charge is 2.16. The zero-order valence-corrected chi connectivity index (χ0v) is 12.2. The molecule has 1 aromatic rings. The van der Waals surface area contributed by atoms with Crippen LogP contribution >= 0.6 is 0 Å². The molecular weight excluding hydrogens is 270 g/mol. The van der Waals surface area contributed by atoms with Crippen molar-refractivity contribution in [2.45, 2.75) is 12.8 Å². The number of benzene rings is 1. The molecule has 2 heterocycles. The topological polar surface area (TPSA) is 48.0 Å². The van der Waals surface area contributed by atoms with Crippen LogP contribution in [0.3, 0.4) is 0 Å². The second-order valence-corrected chi connectivity index (χ2v) is 5.34. The fourth-order valence-corrected chi connectivity index (χ4v) is 2.57. The molecule has 0 saturated carbocycles. The van der Waals surface area contributed by atoms with Crippen LogP contribution in [0.15, 0.2) is 18.2 Å². The second-order valence-electron chi connectivity index (χ2n) is 5.34. The number of fused-ring (bicyclic) bond motifs is 1. The first-order valence-corrected chi connectivity index (χ1v) is 7.56. The van der Waals surface area contributed by atoms with E-state index in [9.17, 15) is 4.79 Å². The number of morpholine rings is 1. The molecule has 0 bridgehead atoms. The van der Waals surface area contributed by atoms with Crippen molar-refractivity contribution in [2.75, 3.05) is 46.1 Å². The summed E-state index contributed by atoms with van der Waals surface area (Å²) in [6.45, 7) is 5.44. The zero-order valence-electron chi connectivity index (χ0n) is 12.2. The Labute approximate surface area is 124 Å². The number of rotatable bonds is 4. The molecule has 114 valence electrons. The van der Waals surface area contributed by atoms with E-state index in [4.69, 9.17) is 14.2 Å². The number of ketones is 1. The van der Waals surface area contributed by atoms with Crippen molar-refractivity contribution in [1.29, 1.82) is 0 Å². The highest BCUT2D eigenvalue weighted by atomic mass is 16.5. The van der Waals surface area contributed by atoms with E-state index in [1.54, 1.807) is 0 Å². The monoisotopic (exact) mass is 291 g/mol. The lowest BCUT2D eigenvalue weighted by molar-refractivity contribution is 0.0370. The van der Waals surface area contributed by atoms with Crippen LogP contribution in [0.4, 0.5) is 0 Å². The number of carbonyl (C=O) groups is 1. The first-order valence-electron chi connectivity index (χ1n) is 7.56. The molecular formula is C16H21NO4. The molecule has 1 saturated heterocycles. The number of nitrogens with zero attached hydrogens (tertiary/aromatic N) is 1. The molecule has 2 aliphatic rings. The van der Waals surface area contributed by atoms with E-state index >= 15 is 0 Å². The quantitative estimate of drug-likeness (QED) is 0.791. The summed E-state index contributed by atoms with van der Waals surface area (Å²) in [5, 5.41) is 0. The molecule has 0 spiro atoms. The van der Waals surface area contributed by atoms with Crippen molar-refractivity contribution in [2.24, 2.45) is 0 Å².